The Morgan fingerprint density at radius 3 is 2.50 bits per heavy atom. The van der Waals surface area contributed by atoms with Crippen molar-refractivity contribution in [2.75, 3.05) is 20.1 Å². The van der Waals surface area contributed by atoms with E-state index >= 15 is 0 Å². The summed E-state index contributed by atoms with van der Waals surface area (Å²) in [6.45, 7) is 2.71. The SMILES string of the molecule is CNC1CCCN(C2C3C4CCC(C4)C32)C1. The fourth-order valence-corrected chi connectivity index (χ4v) is 5.28. The molecule has 2 nitrogen and oxygen atoms in total. The molecule has 0 aromatic rings. The number of nitrogens with one attached hydrogen (secondary N) is 1. The first-order valence-electron chi connectivity index (χ1n) is 7.30. The van der Waals surface area contributed by atoms with Crippen molar-refractivity contribution in [1.82, 2.24) is 10.2 Å². The molecule has 90 valence electrons. The third-order valence-corrected chi connectivity index (χ3v) is 5.98. The molecule has 1 aliphatic heterocycles. The van der Waals surface area contributed by atoms with Crippen molar-refractivity contribution in [3.05, 3.63) is 0 Å². The predicted octanol–water partition coefficient (Wildman–Crippen LogP) is 1.71. The highest BCUT2D eigenvalue weighted by Gasteiger charge is 2.66. The second kappa shape index (κ2) is 3.46. The van der Waals surface area contributed by atoms with Gasteiger partial charge >= 0.3 is 0 Å². The summed E-state index contributed by atoms with van der Waals surface area (Å²) >= 11 is 0. The quantitative estimate of drug-likeness (QED) is 0.762. The molecule has 3 saturated carbocycles. The average molecular weight is 220 g/mol. The van der Waals surface area contributed by atoms with Crippen LogP contribution in [0.5, 0.6) is 0 Å². The molecule has 4 fully saturated rings. The van der Waals surface area contributed by atoms with Gasteiger partial charge in [-0.3, -0.25) is 4.90 Å². The molecule has 1 saturated heterocycles. The third kappa shape index (κ3) is 1.26. The lowest BCUT2D eigenvalue weighted by molar-refractivity contribution is 0.160. The lowest BCUT2D eigenvalue weighted by atomic mass is 10.0. The van der Waals surface area contributed by atoms with Crippen LogP contribution in [0.2, 0.25) is 0 Å². The fourth-order valence-electron chi connectivity index (χ4n) is 5.28. The number of nitrogens with zero attached hydrogens (tertiary/aromatic N) is 1. The van der Waals surface area contributed by atoms with Crippen LogP contribution in [0.25, 0.3) is 0 Å². The van der Waals surface area contributed by atoms with Crippen molar-refractivity contribution in [1.29, 1.82) is 0 Å². The Labute approximate surface area is 98.8 Å². The molecule has 0 spiro atoms. The molecular formula is C14H24N2. The Bertz CT molecular complexity index is 274. The molecule has 1 N–H and O–H groups in total. The Kier molecular flexibility index (Phi) is 2.14. The molecule has 5 atom stereocenters. The molecule has 0 aromatic heterocycles. The van der Waals surface area contributed by atoms with Crippen molar-refractivity contribution in [2.24, 2.45) is 23.7 Å². The van der Waals surface area contributed by atoms with Gasteiger partial charge in [-0.15, -0.1) is 0 Å². The van der Waals surface area contributed by atoms with Crippen molar-refractivity contribution < 1.29 is 0 Å². The van der Waals surface area contributed by atoms with Crippen LogP contribution in [-0.2, 0) is 0 Å². The second-order valence-corrected chi connectivity index (χ2v) is 6.60. The van der Waals surface area contributed by atoms with Gasteiger partial charge in [-0.25, -0.2) is 0 Å². The highest BCUT2D eigenvalue weighted by molar-refractivity contribution is 5.17. The van der Waals surface area contributed by atoms with Crippen molar-refractivity contribution in [3.63, 3.8) is 0 Å². The van der Waals surface area contributed by atoms with E-state index in [4.69, 9.17) is 0 Å². The Morgan fingerprint density at radius 1 is 1.06 bits per heavy atom. The molecule has 0 radical (unpaired) electrons. The molecule has 2 bridgehead atoms. The minimum absolute atomic E-state index is 0.771. The maximum atomic E-state index is 3.48. The zero-order valence-corrected chi connectivity index (χ0v) is 10.4. The number of piperidine rings is 1. The molecule has 3 aliphatic carbocycles. The lowest BCUT2D eigenvalue weighted by Gasteiger charge is -2.34. The maximum absolute atomic E-state index is 3.48. The van der Waals surface area contributed by atoms with E-state index < -0.39 is 0 Å². The second-order valence-electron chi connectivity index (χ2n) is 6.60. The summed E-state index contributed by atoms with van der Waals surface area (Å²) in [5.41, 5.74) is 0. The van der Waals surface area contributed by atoms with E-state index in [1.54, 1.807) is 19.3 Å². The van der Waals surface area contributed by atoms with Crippen LogP contribution in [0.1, 0.15) is 32.1 Å². The topological polar surface area (TPSA) is 15.3 Å². The van der Waals surface area contributed by atoms with E-state index in [9.17, 15) is 0 Å². The van der Waals surface area contributed by atoms with Crippen LogP contribution in [0.4, 0.5) is 0 Å². The first kappa shape index (κ1) is 9.90. The van der Waals surface area contributed by atoms with E-state index in [0.717, 1.165) is 35.8 Å². The third-order valence-electron chi connectivity index (χ3n) is 5.98. The van der Waals surface area contributed by atoms with Crippen molar-refractivity contribution >= 4 is 0 Å². The molecule has 1 heterocycles. The van der Waals surface area contributed by atoms with Gasteiger partial charge in [0.2, 0.25) is 0 Å². The lowest BCUT2D eigenvalue weighted by Crippen LogP contribution is -2.46. The Morgan fingerprint density at radius 2 is 1.81 bits per heavy atom. The predicted molar refractivity (Wildman–Crippen MR) is 65.3 cm³/mol. The summed E-state index contributed by atoms with van der Waals surface area (Å²) in [6, 6.07) is 1.79. The maximum Gasteiger partial charge on any atom is 0.0192 e. The van der Waals surface area contributed by atoms with Crippen LogP contribution in [0.15, 0.2) is 0 Å². The minimum atomic E-state index is 0.771. The van der Waals surface area contributed by atoms with Crippen LogP contribution in [0, 0.1) is 23.7 Å². The molecular weight excluding hydrogens is 196 g/mol. The van der Waals surface area contributed by atoms with Gasteiger partial charge in [0.25, 0.3) is 0 Å². The monoisotopic (exact) mass is 220 g/mol. The van der Waals surface area contributed by atoms with Crippen LogP contribution in [-0.4, -0.2) is 37.1 Å². The molecule has 0 amide bonds. The van der Waals surface area contributed by atoms with E-state index in [1.807, 2.05) is 0 Å². The molecule has 2 heteroatoms. The summed E-state index contributed by atoms with van der Waals surface area (Å²) in [4.78, 5) is 2.84. The van der Waals surface area contributed by atoms with Crippen molar-refractivity contribution in [3.8, 4) is 0 Å². The van der Waals surface area contributed by atoms with Gasteiger partial charge in [-0.05, 0) is 69.4 Å². The Hall–Kier alpha value is -0.0800. The van der Waals surface area contributed by atoms with Gasteiger partial charge in [0.05, 0.1) is 0 Å². The first-order valence-corrected chi connectivity index (χ1v) is 7.30. The fraction of sp³-hybridized carbons (Fsp3) is 1.00. The van der Waals surface area contributed by atoms with E-state index in [-0.39, 0.29) is 0 Å². The van der Waals surface area contributed by atoms with Gasteiger partial charge in [0, 0.05) is 18.6 Å². The zero-order valence-electron chi connectivity index (χ0n) is 10.4. The average Bonchev–Trinajstić information content (AvgIpc) is 2.78. The summed E-state index contributed by atoms with van der Waals surface area (Å²) < 4.78 is 0. The van der Waals surface area contributed by atoms with Gasteiger partial charge < -0.3 is 5.32 Å². The van der Waals surface area contributed by atoms with Gasteiger partial charge in [-0.2, -0.15) is 0 Å². The standard InChI is InChI=1S/C14H24N2/c1-15-11-3-2-6-16(8-11)14-12-9-4-5-10(7-9)13(12)14/h9-15H,2-8H2,1H3. The largest absolute Gasteiger partial charge is 0.316 e. The highest BCUT2D eigenvalue weighted by Crippen LogP contribution is 2.67. The minimum Gasteiger partial charge on any atom is -0.316 e. The summed E-state index contributed by atoms with van der Waals surface area (Å²) in [6.07, 6.45) is 7.52. The van der Waals surface area contributed by atoms with Crippen LogP contribution >= 0.6 is 0 Å². The number of hydrogen-bond acceptors (Lipinski definition) is 2. The highest BCUT2D eigenvalue weighted by atomic mass is 15.2. The molecule has 5 unspecified atom stereocenters. The van der Waals surface area contributed by atoms with Gasteiger partial charge in [0.1, 0.15) is 0 Å². The number of likely N-dealkylation sites (tertiary alicyclic amines) is 1. The molecule has 4 rings (SSSR count). The smallest absolute Gasteiger partial charge is 0.0192 e. The number of hydrogen-bond donors (Lipinski definition) is 1. The normalized spacial score (nSPS) is 55.3. The van der Waals surface area contributed by atoms with Gasteiger partial charge in [0.15, 0.2) is 0 Å². The molecule has 16 heavy (non-hydrogen) atoms. The number of rotatable bonds is 2. The first-order chi connectivity index (χ1) is 7.88. The number of likely N-dealkylation sites (N-methyl/N-ethyl adjacent to an activating group) is 1. The van der Waals surface area contributed by atoms with Crippen LogP contribution < -0.4 is 5.32 Å². The zero-order chi connectivity index (χ0) is 10.7. The summed E-state index contributed by atoms with van der Waals surface area (Å²) in [7, 11) is 2.13. The van der Waals surface area contributed by atoms with Gasteiger partial charge in [-0.1, -0.05) is 0 Å². The van der Waals surface area contributed by atoms with E-state index in [1.165, 1.54) is 25.9 Å². The Balaban J connectivity index is 1.45. The summed E-state index contributed by atoms with van der Waals surface area (Å²) in [5.74, 6) is 4.54. The van der Waals surface area contributed by atoms with E-state index in [2.05, 4.69) is 17.3 Å². The molecule has 0 aromatic carbocycles. The molecule has 4 aliphatic rings. The van der Waals surface area contributed by atoms with Crippen LogP contribution in [0.3, 0.4) is 0 Å². The van der Waals surface area contributed by atoms with Crippen molar-refractivity contribution in [2.45, 2.75) is 44.2 Å². The number of fused-ring (bicyclic) bond motifs is 5. The van der Waals surface area contributed by atoms with E-state index in [0.29, 0.717) is 0 Å². The summed E-state index contributed by atoms with van der Waals surface area (Å²) in [5, 5.41) is 3.48.